The first-order valence-corrected chi connectivity index (χ1v) is 8.48. The summed E-state index contributed by atoms with van der Waals surface area (Å²) < 4.78 is 0. The fraction of sp³-hybridized carbons (Fsp3) is 0.389. The second-order valence-corrected chi connectivity index (χ2v) is 6.90. The monoisotopic (exact) mass is 298 g/mol. The van der Waals surface area contributed by atoms with E-state index in [1.807, 2.05) is 5.38 Å². The molecule has 110 valence electrons. The highest BCUT2D eigenvalue weighted by atomic mass is 32.1. The Kier molecular flexibility index (Phi) is 4.11. The van der Waals surface area contributed by atoms with E-state index in [1.165, 1.54) is 24.0 Å². The van der Waals surface area contributed by atoms with Crippen molar-refractivity contribution >= 4 is 16.5 Å². The third-order valence-electron chi connectivity index (χ3n) is 4.51. The number of rotatable bonds is 6. The van der Waals surface area contributed by atoms with E-state index in [9.17, 15) is 0 Å². The Morgan fingerprint density at radius 2 is 1.90 bits per heavy atom. The van der Waals surface area contributed by atoms with Crippen molar-refractivity contribution in [1.29, 1.82) is 0 Å². The molecule has 2 aromatic rings. The van der Waals surface area contributed by atoms with Gasteiger partial charge in [-0.25, -0.2) is 4.98 Å². The first-order valence-electron chi connectivity index (χ1n) is 7.60. The zero-order chi connectivity index (χ0) is 14.8. The second-order valence-electron chi connectivity index (χ2n) is 6.00. The van der Waals surface area contributed by atoms with Crippen molar-refractivity contribution in [3.8, 4) is 0 Å². The highest BCUT2D eigenvalue weighted by molar-refractivity contribution is 7.13. The smallest absolute Gasteiger partial charge is 0.186 e. The molecule has 2 nitrogen and oxygen atoms in total. The number of hydrogen-bond acceptors (Lipinski definition) is 3. The highest BCUT2D eigenvalue weighted by Crippen LogP contribution is 2.42. The molecule has 1 aliphatic carbocycles. The van der Waals surface area contributed by atoms with E-state index >= 15 is 0 Å². The largest absolute Gasteiger partial charge is 0.335 e. The molecule has 1 aliphatic rings. The molecule has 2 atom stereocenters. The Bertz CT molecular complexity index is 597. The predicted octanol–water partition coefficient (Wildman–Crippen LogP) is 5.39. The number of anilines is 1. The lowest BCUT2D eigenvalue weighted by Crippen LogP contribution is -2.06. The molecule has 3 heteroatoms. The van der Waals surface area contributed by atoms with E-state index in [1.54, 1.807) is 17.5 Å². The average Bonchev–Trinajstić information content (AvgIpc) is 3.24. The van der Waals surface area contributed by atoms with Crippen molar-refractivity contribution in [2.45, 2.75) is 38.5 Å². The lowest BCUT2D eigenvalue weighted by Gasteiger charge is -2.17. The molecule has 21 heavy (non-hydrogen) atoms. The molecule has 2 unspecified atom stereocenters. The number of thiazole rings is 1. The number of nitrogens with one attached hydrogen (secondary N) is 1. The maximum Gasteiger partial charge on any atom is 0.186 e. The van der Waals surface area contributed by atoms with Gasteiger partial charge >= 0.3 is 0 Å². The van der Waals surface area contributed by atoms with Crippen LogP contribution in [0.5, 0.6) is 0 Å². The van der Waals surface area contributed by atoms with Gasteiger partial charge in [-0.2, -0.15) is 0 Å². The van der Waals surface area contributed by atoms with Gasteiger partial charge in [0.2, 0.25) is 0 Å². The predicted molar refractivity (Wildman–Crippen MR) is 90.9 cm³/mol. The van der Waals surface area contributed by atoms with Crippen molar-refractivity contribution < 1.29 is 0 Å². The molecular weight excluding hydrogens is 276 g/mol. The lowest BCUT2D eigenvalue weighted by atomic mass is 9.92. The summed E-state index contributed by atoms with van der Waals surface area (Å²) >= 11 is 1.60. The van der Waals surface area contributed by atoms with Crippen LogP contribution in [0.4, 0.5) is 5.13 Å². The summed E-state index contributed by atoms with van der Waals surface area (Å²) in [7, 11) is 0. The van der Waals surface area contributed by atoms with Crippen molar-refractivity contribution in [2.75, 3.05) is 5.32 Å². The van der Waals surface area contributed by atoms with Crippen LogP contribution in [0.2, 0.25) is 0 Å². The summed E-state index contributed by atoms with van der Waals surface area (Å²) in [5.74, 6) is 1.89. The summed E-state index contributed by atoms with van der Waals surface area (Å²) in [5.41, 5.74) is 3.76. The van der Waals surface area contributed by atoms with E-state index in [0.717, 1.165) is 16.7 Å². The van der Waals surface area contributed by atoms with Crippen LogP contribution in [0.3, 0.4) is 0 Å². The third kappa shape index (κ3) is 3.35. The minimum Gasteiger partial charge on any atom is -0.335 e. The Morgan fingerprint density at radius 1 is 1.24 bits per heavy atom. The van der Waals surface area contributed by atoms with Crippen molar-refractivity contribution in [1.82, 2.24) is 4.98 Å². The maximum absolute atomic E-state index is 4.24. The fourth-order valence-electron chi connectivity index (χ4n) is 2.69. The first kappa shape index (κ1) is 14.3. The van der Waals surface area contributed by atoms with Gasteiger partial charge in [-0.1, -0.05) is 44.7 Å². The minimum atomic E-state index is 0.277. The van der Waals surface area contributed by atoms with Gasteiger partial charge < -0.3 is 5.32 Å². The molecule has 0 saturated heterocycles. The maximum atomic E-state index is 4.24. The van der Waals surface area contributed by atoms with Gasteiger partial charge in [0.25, 0.3) is 0 Å². The van der Waals surface area contributed by atoms with Crippen LogP contribution >= 0.6 is 11.3 Å². The van der Waals surface area contributed by atoms with Crippen LogP contribution in [0.1, 0.15) is 49.7 Å². The Labute approximate surface area is 130 Å². The van der Waals surface area contributed by atoms with Gasteiger partial charge in [-0.05, 0) is 35.8 Å². The van der Waals surface area contributed by atoms with E-state index in [-0.39, 0.29) is 5.92 Å². The number of aromatic nitrogens is 1. The number of benzene rings is 1. The van der Waals surface area contributed by atoms with E-state index in [4.69, 9.17) is 0 Å². The fourth-order valence-corrected chi connectivity index (χ4v) is 3.25. The van der Waals surface area contributed by atoms with E-state index in [0.29, 0.717) is 5.92 Å². The second kappa shape index (κ2) is 6.02. The molecule has 1 heterocycles. The van der Waals surface area contributed by atoms with Crippen LogP contribution in [0.15, 0.2) is 48.1 Å². The van der Waals surface area contributed by atoms with Crippen molar-refractivity contribution in [3.05, 3.63) is 59.2 Å². The lowest BCUT2D eigenvalue weighted by molar-refractivity contribution is 0.663. The van der Waals surface area contributed by atoms with Gasteiger partial charge in [-0.3, -0.25) is 0 Å². The zero-order valence-electron chi connectivity index (χ0n) is 12.7. The molecule has 1 N–H and O–H groups in total. The summed E-state index contributed by atoms with van der Waals surface area (Å²) in [6.45, 7) is 8.69. The summed E-state index contributed by atoms with van der Waals surface area (Å²) in [6.07, 6.45) is 4.60. The van der Waals surface area contributed by atoms with Crippen LogP contribution in [-0.2, 0) is 0 Å². The first-order chi connectivity index (χ1) is 10.1. The number of allylic oxidation sites excluding steroid dienone is 1. The van der Waals surface area contributed by atoms with E-state index < -0.39 is 0 Å². The molecule has 1 fully saturated rings. The Balaban J connectivity index is 1.66. The SMILES string of the molecule is C=C(Nc1nccs1)C(C)c1ccc(C(C)C2CC2)cc1. The van der Waals surface area contributed by atoms with Crippen LogP contribution in [-0.4, -0.2) is 4.98 Å². The molecule has 1 aromatic heterocycles. The minimum absolute atomic E-state index is 0.277. The number of nitrogens with zero attached hydrogens (tertiary/aromatic N) is 1. The third-order valence-corrected chi connectivity index (χ3v) is 5.20. The summed E-state index contributed by atoms with van der Waals surface area (Å²) in [6, 6.07) is 9.05. The molecule has 0 amide bonds. The van der Waals surface area contributed by atoms with Crippen molar-refractivity contribution in [2.24, 2.45) is 5.92 Å². The standard InChI is InChI=1S/C18H22N2S/c1-12(14(3)20-18-19-10-11-21-18)15-4-6-16(7-5-15)13(2)17-8-9-17/h4-7,10-13,17H,3,8-9H2,1-2H3,(H,19,20). The van der Waals surface area contributed by atoms with Gasteiger partial charge in [-0.15, -0.1) is 11.3 Å². The molecule has 0 bridgehead atoms. The van der Waals surface area contributed by atoms with Crippen LogP contribution in [0.25, 0.3) is 0 Å². The molecule has 0 spiro atoms. The topological polar surface area (TPSA) is 24.9 Å². The summed E-state index contributed by atoms with van der Waals surface area (Å²) in [4.78, 5) is 4.24. The summed E-state index contributed by atoms with van der Waals surface area (Å²) in [5, 5.41) is 6.17. The van der Waals surface area contributed by atoms with Crippen LogP contribution in [0, 0.1) is 5.92 Å². The molecule has 3 rings (SSSR count). The molecule has 1 saturated carbocycles. The quantitative estimate of drug-likeness (QED) is 0.773. The molecule has 1 aromatic carbocycles. The van der Waals surface area contributed by atoms with Crippen molar-refractivity contribution in [3.63, 3.8) is 0 Å². The molecular formula is C18H22N2S. The van der Waals surface area contributed by atoms with E-state index in [2.05, 4.69) is 55.0 Å². The normalized spacial score (nSPS) is 17.2. The number of hydrogen-bond donors (Lipinski definition) is 1. The molecule has 0 aliphatic heterocycles. The molecule has 0 radical (unpaired) electrons. The van der Waals surface area contributed by atoms with Crippen LogP contribution < -0.4 is 5.32 Å². The van der Waals surface area contributed by atoms with Gasteiger partial charge in [0.05, 0.1) is 0 Å². The Morgan fingerprint density at radius 3 is 2.48 bits per heavy atom. The Hall–Kier alpha value is -1.61. The zero-order valence-corrected chi connectivity index (χ0v) is 13.5. The van der Waals surface area contributed by atoms with Gasteiger partial charge in [0, 0.05) is 23.2 Å². The van der Waals surface area contributed by atoms with Gasteiger partial charge in [0.15, 0.2) is 5.13 Å². The van der Waals surface area contributed by atoms with Gasteiger partial charge in [0.1, 0.15) is 0 Å². The average molecular weight is 298 g/mol. The highest BCUT2D eigenvalue weighted by Gasteiger charge is 2.28.